The van der Waals surface area contributed by atoms with Crippen LogP contribution in [0.2, 0.25) is 0 Å². The van der Waals surface area contributed by atoms with Gasteiger partial charge in [-0.2, -0.15) is 0 Å². The van der Waals surface area contributed by atoms with Crippen LogP contribution in [0, 0.1) is 0 Å². The highest BCUT2D eigenvalue weighted by Gasteiger charge is 2.08. The van der Waals surface area contributed by atoms with Crippen molar-refractivity contribution in [2.45, 2.75) is 6.54 Å². The number of rotatable bonds is 3. The monoisotopic (exact) mass is 301 g/mol. The molecule has 0 spiro atoms. The van der Waals surface area contributed by atoms with Gasteiger partial charge in [-0.3, -0.25) is 0 Å². The van der Waals surface area contributed by atoms with E-state index in [0.29, 0.717) is 6.54 Å². The summed E-state index contributed by atoms with van der Waals surface area (Å²) in [5.74, 6) is 0.124. The van der Waals surface area contributed by atoms with Crippen LogP contribution in [-0.2, 0) is 6.54 Å². The minimum atomic E-state index is -0.0935. The highest BCUT2D eigenvalue weighted by molar-refractivity contribution is 9.10. The molecule has 2 rings (SSSR count). The summed E-state index contributed by atoms with van der Waals surface area (Å²) < 4.78 is 2.67. The van der Waals surface area contributed by atoms with Crippen LogP contribution in [0.3, 0.4) is 0 Å². The van der Waals surface area contributed by atoms with Crippen molar-refractivity contribution in [2.24, 2.45) is 10.9 Å². The summed E-state index contributed by atoms with van der Waals surface area (Å²) in [6.07, 6.45) is 1.54. The quantitative estimate of drug-likeness (QED) is 0.386. The van der Waals surface area contributed by atoms with E-state index in [9.17, 15) is 0 Å². The Balaban J connectivity index is 2.18. The van der Waals surface area contributed by atoms with Gasteiger partial charge in [0.25, 0.3) is 0 Å². The molecule has 2 aromatic rings. The van der Waals surface area contributed by atoms with Gasteiger partial charge in [-0.15, -0.1) is 16.4 Å². The van der Waals surface area contributed by atoms with E-state index in [2.05, 4.69) is 31.2 Å². The number of hydrogen-bond acceptors (Lipinski definition) is 5. The molecule has 3 N–H and O–H groups in total. The first-order valence-electron chi connectivity index (χ1n) is 4.30. The maximum absolute atomic E-state index is 8.47. The smallest absolute Gasteiger partial charge is 0.219 e. The standard InChI is InChI=1S/C8H8BrN5OS/c9-5-1-2-16-6(5)3-14-4-11-8(12-14)7(10)13-15/h1-2,4,15H,3H2,(H2,10,13). The SMILES string of the molecule is NC(=NO)c1ncn(Cc2sccc2Br)n1. The molecule has 0 radical (unpaired) electrons. The number of nitrogens with zero attached hydrogens (tertiary/aromatic N) is 4. The molecule has 0 unspecified atom stereocenters. The van der Waals surface area contributed by atoms with Crippen molar-refractivity contribution in [3.63, 3.8) is 0 Å². The van der Waals surface area contributed by atoms with Crippen LogP contribution in [-0.4, -0.2) is 25.8 Å². The topological polar surface area (TPSA) is 89.3 Å². The van der Waals surface area contributed by atoms with E-state index >= 15 is 0 Å². The van der Waals surface area contributed by atoms with E-state index < -0.39 is 0 Å². The summed E-state index contributed by atoms with van der Waals surface area (Å²) in [4.78, 5) is 5.06. The third-order valence-electron chi connectivity index (χ3n) is 1.87. The summed E-state index contributed by atoms with van der Waals surface area (Å²) >= 11 is 5.06. The Morgan fingerprint density at radius 3 is 3.12 bits per heavy atom. The van der Waals surface area contributed by atoms with Gasteiger partial charge in [-0.25, -0.2) is 9.67 Å². The molecule has 2 aromatic heterocycles. The normalized spacial score (nSPS) is 11.9. The van der Waals surface area contributed by atoms with Gasteiger partial charge >= 0.3 is 0 Å². The van der Waals surface area contributed by atoms with Crippen LogP contribution in [0.5, 0.6) is 0 Å². The van der Waals surface area contributed by atoms with Gasteiger partial charge < -0.3 is 10.9 Å². The van der Waals surface area contributed by atoms with Gasteiger partial charge in [0.15, 0.2) is 0 Å². The van der Waals surface area contributed by atoms with Crippen LogP contribution in [0.1, 0.15) is 10.7 Å². The average Bonchev–Trinajstić information content (AvgIpc) is 2.89. The summed E-state index contributed by atoms with van der Waals surface area (Å²) in [5, 5.41) is 17.4. The highest BCUT2D eigenvalue weighted by atomic mass is 79.9. The zero-order valence-corrected chi connectivity index (χ0v) is 10.4. The Hall–Kier alpha value is -1.41. The maximum atomic E-state index is 8.47. The van der Waals surface area contributed by atoms with Gasteiger partial charge in [-0.05, 0) is 27.4 Å². The highest BCUT2D eigenvalue weighted by Crippen LogP contribution is 2.23. The molecule has 0 aliphatic heterocycles. The van der Waals surface area contributed by atoms with Crippen molar-refractivity contribution in [1.82, 2.24) is 14.8 Å². The van der Waals surface area contributed by atoms with E-state index in [0.717, 1.165) is 9.35 Å². The predicted molar refractivity (Wildman–Crippen MR) is 63.7 cm³/mol. The lowest BCUT2D eigenvalue weighted by Gasteiger charge is -1.97. The molecule has 0 atom stereocenters. The molecule has 84 valence electrons. The number of aromatic nitrogens is 3. The largest absolute Gasteiger partial charge is 0.409 e. The Labute approximate surface area is 104 Å². The fourth-order valence-electron chi connectivity index (χ4n) is 1.12. The lowest BCUT2D eigenvalue weighted by atomic mass is 10.5. The first-order valence-corrected chi connectivity index (χ1v) is 5.97. The number of hydrogen-bond donors (Lipinski definition) is 2. The molecule has 6 nitrogen and oxygen atoms in total. The Morgan fingerprint density at radius 1 is 1.69 bits per heavy atom. The van der Waals surface area contributed by atoms with Gasteiger partial charge in [0.05, 0.1) is 6.54 Å². The van der Waals surface area contributed by atoms with Gasteiger partial charge in [0.1, 0.15) is 6.33 Å². The minimum absolute atomic E-state index is 0.0935. The summed E-state index contributed by atoms with van der Waals surface area (Å²) in [7, 11) is 0. The molecular weight excluding hydrogens is 294 g/mol. The van der Waals surface area contributed by atoms with E-state index in [1.165, 1.54) is 0 Å². The Bertz CT molecular complexity index is 520. The van der Waals surface area contributed by atoms with E-state index in [1.807, 2.05) is 11.4 Å². The molecule has 0 amide bonds. The molecular formula is C8H8BrN5OS. The lowest BCUT2D eigenvalue weighted by molar-refractivity contribution is 0.318. The zero-order valence-electron chi connectivity index (χ0n) is 8.04. The van der Waals surface area contributed by atoms with Gasteiger partial charge in [0, 0.05) is 9.35 Å². The second kappa shape index (κ2) is 4.62. The second-order valence-corrected chi connectivity index (χ2v) is 4.80. The first kappa shape index (κ1) is 11.1. The summed E-state index contributed by atoms with van der Waals surface area (Å²) in [6, 6.07) is 1.97. The van der Waals surface area contributed by atoms with Gasteiger partial charge in [0.2, 0.25) is 11.7 Å². The van der Waals surface area contributed by atoms with Crippen LogP contribution >= 0.6 is 27.3 Å². The van der Waals surface area contributed by atoms with E-state index in [4.69, 9.17) is 10.9 Å². The molecule has 0 bridgehead atoms. The summed E-state index contributed by atoms with van der Waals surface area (Å²) in [6.45, 7) is 0.601. The van der Waals surface area contributed by atoms with Crippen LogP contribution in [0.15, 0.2) is 27.4 Å². The second-order valence-electron chi connectivity index (χ2n) is 2.94. The number of nitrogens with two attached hydrogens (primary N) is 1. The molecule has 0 saturated heterocycles. The molecule has 16 heavy (non-hydrogen) atoms. The van der Waals surface area contributed by atoms with Crippen molar-refractivity contribution < 1.29 is 5.21 Å². The van der Waals surface area contributed by atoms with Crippen LogP contribution in [0.4, 0.5) is 0 Å². The summed E-state index contributed by atoms with van der Waals surface area (Å²) in [5.41, 5.74) is 5.37. The van der Waals surface area contributed by atoms with Crippen molar-refractivity contribution >= 4 is 33.1 Å². The zero-order chi connectivity index (χ0) is 11.5. The molecule has 0 aromatic carbocycles. The Kier molecular flexibility index (Phi) is 3.20. The fraction of sp³-hybridized carbons (Fsp3) is 0.125. The van der Waals surface area contributed by atoms with E-state index in [1.54, 1.807) is 22.3 Å². The molecule has 0 aliphatic rings. The number of amidine groups is 1. The Morgan fingerprint density at radius 2 is 2.50 bits per heavy atom. The predicted octanol–water partition coefficient (Wildman–Crippen LogP) is 1.24. The number of oxime groups is 1. The molecule has 0 fully saturated rings. The number of thiophene rings is 1. The first-order chi connectivity index (χ1) is 7.70. The molecule has 0 saturated carbocycles. The molecule has 0 aliphatic carbocycles. The molecule has 8 heteroatoms. The van der Waals surface area contributed by atoms with Crippen LogP contribution in [0.25, 0.3) is 0 Å². The van der Waals surface area contributed by atoms with Gasteiger partial charge in [-0.1, -0.05) is 5.16 Å². The minimum Gasteiger partial charge on any atom is -0.409 e. The molecule has 2 heterocycles. The third-order valence-corrected chi connectivity index (χ3v) is 3.78. The van der Waals surface area contributed by atoms with Crippen molar-refractivity contribution in [3.05, 3.63) is 32.9 Å². The maximum Gasteiger partial charge on any atom is 0.219 e. The third kappa shape index (κ3) is 2.22. The van der Waals surface area contributed by atoms with Crippen LogP contribution < -0.4 is 5.73 Å². The van der Waals surface area contributed by atoms with E-state index in [-0.39, 0.29) is 11.7 Å². The van der Waals surface area contributed by atoms with Crippen molar-refractivity contribution in [3.8, 4) is 0 Å². The van der Waals surface area contributed by atoms with Crippen molar-refractivity contribution in [2.75, 3.05) is 0 Å². The van der Waals surface area contributed by atoms with Crippen molar-refractivity contribution in [1.29, 1.82) is 0 Å². The number of halogens is 1. The average molecular weight is 302 g/mol. The fourth-order valence-corrected chi connectivity index (χ4v) is 2.59. The lowest BCUT2D eigenvalue weighted by Crippen LogP contribution is -2.15.